The van der Waals surface area contributed by atoms with Gasteiger partial charge in [0.1, 0.15) is 12.1 Å². The number of benzene rings is 1. The lowest BCUT2D eigenvalue weighted by molar-refractivity contribution is -0.142. The molecule has 0 aliphatic carbocycles. The number of carboxylic acids is 1. The smallest absolute Gasteiger partial charge is 0.322 e. The van der Waals surface area contributed by atoms with Crippen molar-refractivity contribution in [2.75, 3.05) is 7.11 Å². The molecule has 0 spiro atoms. The average molecular weight is 296 g/mol. The van der Waals surface area contributed by atoms with Gasteiger partial charge in [0.2, 0.25) is 0 Å². The van der Waals surface area contributed by atoms with Gasteiger partial charge in [-0.15, -0.1) is 0 Å². The summed E-state index contributed by atoms with van der Waals surface area (Å²) in [5, 5.41) is 8.23. The Kier molecular flexibility index (Phi) is 9.00. The summed E-state index contributed by atoms with van der Waals surface area (Å²) in [4.78, 5) is 21.0. The fourth-order valence-corrected chi connectivity index (χ4v) is 1.39. The summed E-state index contributed by atoms with van der Waals surface area (Å²) in [6, 6.07) is 8.35. The van der Waals surface area contributed by atoms with E-state index >= 15 is 0 Å². The molecule has 0 amide bonds. The fourth-order valence-electron chi connectivity index (χ4n) is 1.39. The van der Waals surface area contributed by atoms with E-state index in [0.29, 0.717) is 6.42 Å². The molecule has 5 N–H and O–H groups in total. The van der Waals surface area contributed by atoms with Crippen molar-refractivity contribution < 1.29 is 19.4 Å². The molecule has 0 saturated heterocycles. The van der Waals surface area contributed by atoms with Crippen LogP contribution in [0, 0.1) is 5.92 Å². The van der Waals surface area contributed by atoms with Crippen molar-refractivity contribution in [3.8, 4) is 0 Å². The number of carbonyl (C=O) groups is 2. The first-order chi connectivity index (χ1) is 9.79. The summed E-state index contributed by atoms with van der Waals surface area (Å²) >= 11 is 0. The van der Waals surface area contributed by atoms with Crippen LogP contribution in [0.25, 0.3) is 0 Å². The maximum absolute atomic E-state index is 11.0. The molecule has 2 atom stereocenters. The van der Waals surface area contributed by atoms with Crippen LogP contribution in [0.15, 0.2) is 30.3 Å². The molecule has 6 nitrogen and oxygen atoms in total. The van der Waals surface area contributed by atoms with Crippen molar-refractivity contribution in [3.05, 3.63) is 35.9 Å². The molecule has 6 heteroatoms. The zero-order valence-corrected chi connectivity index (χ0v) is 12.7. The Morgan fingerprint density at radius 3 is 2.05 bits per heavy atom. The Hall–Kier alpha value is -1.92. The molecule has 0 radical (unpaired) electrons. The third-order valence-electron chi connectivity index (χ3n) is 2.81. The van der Waals surface area contributed by atoms with Gasteiger partial charge in [-0.05, 0) is 17.9 Å². The molecule has 1 aromatic carbocycles. The van der Waals surface area contributed by atoms with Gasteiger partial charge in [-0.3, -0.25) is 9.59 Å². The maximum Gasteiger partial charge on any atom is 0.322 e. The van der Waals surface area contributed by atoms with E-state index in [0.717, 1.165) is 5.56 Å². The number of rotatable bonds is 5. The molecule has 0 unspecified atom stereocenters. The van der Waals surface area contributed by atoms with E-state index in [1.807, 2.05) is 30.3 Å². The van der Waals surface area contributed by atoms with Crippen LogP contribution in [0.2, 0.25) is 0 Å². The van der Waals surface area contributed by atoms with Crippen LogP contribution in [0.1, 0.15) is 19.4 Å². The lowest BCUT2D eigenvalue weighted by atomic mass is 10.1. The van der Waals surface area contributed by atoms with Crippen LogP contribution < -0.4 is 11.5 Å². The minimum absolute atomic E-state index is 0.0208. The Balaban J connectivity index is 0.000000433. The van der Waals surface area contributed by atoms with Crippen LogP contribution in [-0.4, -0.2) is 36.2 Å². The first kappa shape index (κ1) is 19.1. The first-order valence-corrected chi connectivity index (χ1v) is 6.65. The van der Waals surface area contributed by atoms with Crippen molar-refractivity contribution in [2.24, 2.45) is 17.4 Å². The monoisotopic (exact) mass is 296 g/mol. The topological polar surface area (TPSA) is 116 Å². The molecule has 0 aliphatic heterocycles. The largest absolute Gasteiger partial charge is 0.480 e. The summed E-state index contributed by atoms with van der Waals surface area (Å²) in [5.74, 6) is -1.28. The van der Waals surface area contributed by atoms with E-state index in [9.17, 15) is 9.59 Å². The van der Waals surface area contributed by atoms with Crippen LogP contribution in [-0.2, 0) is 20.7 Å². The molecule has 1 rings (SSSR count). The average Bonchev–Trinajstić information content (AvgIpc) is 2.46. The number of hydrogen-bond acceptors (Lipinski definition) is 5. The zero-order chi connectivity index (χ0) is 16.4. The highest BCUT2D eigenvalue weighted by atomic mass is 16.5. The van der Waals surface area contributed by atoms with Gasteiger partial charge in [0.05, 0.1) is 7.11 Å². The molecule has 0 aromatic heterocycles. The second-order valence-electron chi connectivity index (χ2n) is 4.93. The molecule has 0 aliphatic rings. The molecular formula is C15H24N2O4. The number of ether oxygens (including phenoxy) is 1. The highest BCUT2D eigenvalue weighted by molar-refractivity contribution is 5.75. The molecule has 1 aromatic rings. The normalized spacial score (nSPS) is 12.9. The Bertz CT molecular complexity index is 435. The Morgan fingerprint density at radius 1 is 1.19 bits per heavy atom. The quantitative estimate of drug-likeness (QED) is 0.692. The molecule has 21 heavy (non-hydrogen) atoms. The predicted molar refractivity (Wildman–Crippen MR) is 80.6 cm³/mol. The van der Waals surface area contributed by atoms with Gasteiger partial charge in [0.25, 0.3) is 0 Å². The van der Waals surface area contributed by atoms with Crippen LogP contribution in [0.5, 0.6) is 0 Å². The highest BCUT2D eigenvalue weighted by Crippen LogP contribution is 2.02. The van der Waals surface area contributed by atoms with Crippen molar-refractivity contribution in [3.63, 3.8) is 0 Å². The van der Waals surface area contributed by atoms with Crippen molar-refractivity contribution in [1.82, 2.24) is 0 Å². The molecule has 0 saturated carbocycles. The van der Waals surface area contributed by atoms with E-state index < -0.39 is 18.1 Å². The molecule has 118 valence electrons. The highest BCUT2D eigenvalue weighted by Gasteiger charge is 2.14. The summed E-state index contributed by atoms with van der Waals surface area (Å²) in [5.41, 5.74) is 11.8. The van der Waals surface area contributed by atoms with E-state index in [1.165, 1.54) is 7.11 Å². The molecular weight excluding hydrogens is 272 g/mol. The lowest BCUT2D eigenvalue weighted by Crippen LogP contribution is -2.34. The standard InChI is InChI=1S/C10H13NO2.C5H11NO2/c1-13-10(12)9(11)7-8-5-3-2-4-6-8;1-3(2)4(6)5(7)8/h2-6,9H,7,11H2,1H3;3-4H,6H2,1-2H3,(H,7,8)/t9-;4-/m00/s1. The van der Waals surface area contributed by atoms with Crippen LogP contribution in [0.4, 0.5) is 0 Å². The first-order valence-electron chi connectivity index (χ1n) is 6.65. The van der Waals surface area contributed by atoms with Crippen molar-refractivity contribution in [1.29, 1.82) is 0 Å². The van der Waals surface area contributed by atoms with Gasteiger partial charge < -0.3 is 21.3 Å². The summed E-state index contributed by atoms with van der Waals surface area (Å²) < 4.78 is 4.52. The predicted octanol–water partition coefficient (Wildman–Crippen LogP) is 0.784. The zero-order valence-electron chi connectivity index (χ0n) is 12.7. The fraction of sp³-hybridized carbons (Fsp3) is 0.467. The van der Waals surface area contributed by atoms with Crippen molar-refractivity contribution in [2.45, 2.75) is 32.4 Å². The second-order valence-corrected chi connectivity index (χ2v) is 4.93. The minimum atomic E-state index is -0.931. The summed E-state index contributed by atoms with van der Waals surface area (Å²) in [6.45, 7) is 3.55. The number of hydrogen-bond donors (Lipinski definition) is 3. The van der Waals surface area contributed by atoms with Crippen LogP contribution in [0.3, 0.4) is 0 Å². The van der Waals surface area contributed by atoms with Gasteiger partial charge in [0.15, 0.2) is 0 Å². The van der Waals surface area contributed by atoms with Crippen LogP contribution >= 0.6 is 0 Å². The summed E-state index contributed by atoms with van der Waals surface area (Å²) in [7, 11) is 1.34. The van der Waals surface area contributed by atoms with Gasteiger partial charge in [-0.2, -0.15) is 0 Å². The third kappa shape index (κ3) is 8.06. The maximum atomic E-state index is 11.0. The van der Waals surface area contributed by atoms with E-state index in [2.05, 4.69) is 4.74 Å². The van der Waals surface area contributed by atoms with Gasteiger partial charge in [0, 0.05) is 0 Å². The third-order valence-corrected chi connectivity index (χ3v) is 2.81. The Labute approximate surface area is 125 Å². The number of carbonyl (C=O) groups excluding carboxylic acids is 1. The van der Waals surface area contributed by atoms with E-state index in [4.69, 9.17) is 16.6 Å². The SMILES string of the molecule is CC(C)[C@H](N)C(=O)O.COC(=O)[C@@H](N)Cc1ccccc1. The van der Waals surface area contributed by atoms with Gasteiger partial charge in [-0.1, -0.05) is 44.2 Å². The lowest BCUT2D eigenvalue weighted by Gasteiger charge is -2.08. The van der Waals surface area contributed by atoms with E-state index in [1.54, 1.807) is 13.8 Å². The number of aliphatic carboxylic acids is 1. The Morgan fingerprint density at radius 2 is 1.71 bits per heavy atom. The molecule has 0 fully saturated rings. The summed E-state index contributed by atoms with van der Waals surface area (Å²) in [6.07, 6.45) is 0.521. The second kappa shape index (κ2) is 9.90. The number of esters is 1. The minimum Gasteiger partial charge on any atom is -0.480 e. The van der Waals surface area contributed by atoms with Gasteiger partial charge in [-0.25, -0.2) is 0 Å². The van der Waals surface area contributed by atoms with E-state index in [-0.39, 0.29) is 11.9 Å². The number of carboxylic acid groups (broad SMARTS) is 1. The van der Waals surface area contributed by atoms with Crippen molar-refractivity contribution >= 4 is 11.9 Å². The number of methoxy groups -OCH3 is 1. The van der Waals surface area contributed by atoms with Gasteiger partial charge >= 0.3 is 11.9 Å². The molecule has 0 bridgehead atoms. The number of nitrogens with two attached hydrogens (primary N) is 2. The molecule has 0 heterocycles.